The van der Waals surface area contributed by atoms with Gasteiger partial charge < -0.3 is 5.32 Å². The molecule has 1 aliphatic heterocycles. The maximum atomic E-state index is 12.7. The van der Waals surface area contributed by atoms with Crippen molar-refractivity contribution < 1.29 is 8.42 Å². The molecular formula is C13H27N3O2S. The summed E-state index contributed by atoms with van der Waals surface area (Å²) in [5, 5.41) is 3.16. The Morgan fingerprint density at radius 3 is 2.58 bits per heavy atom. The number of hydrogen-bond donors (Lipinski definition) is 1. The maximum absolute atomic E-state index is 12.7. The highest BCUT2D eigenvalue weighted by atomic mass is 32.2. The van der Waals surface area contributed by atoms with Crippen molar-refractivity contribution in [2.45, 2.75) is 32.6 Å². The van der Waals surface area contributed by atoms with E-state index in [0.29, 0.717) is 38.0 Å². The van der Waals surface area contributed by atoms with E-state index in [1.54, 1.807) is 8.61 Å². The fourth-order valence-corrected chi connectivity index (χ4v) is 4.64. The highest BCUT2D eigenvalue weighted by Gasteiger charge is 2.35. The molecule has 5 nitrogen and oxygen atoms in total. The average molecular weight is 289 g/mol. The highest BCUT2D eigenvalue weighted by molar-refractivity contribution is 7.86. The van der Waals surface area contributed by atoms with Crippen molar-refractivity contribution >= 4 is 10.2 Å². The van der Waals surface area contributed by atoms with Gasteiger partial charge in [0.1, 0.15) is 0 Å². The van der Waals surface area contributed by atoms with Crippen LogP contribution in [-0.4, -0.2) is 56.8 Å². The number of nitrogens with zero attached hydrogens (tertiary/aromatic N) is 2. The van der Waals surface area contributed by atoms with Gasteiger partial charge in [-0.15, -0.1) is 0 Å². The summed E-state index contributed by atoms with van der Waals surface area (Å²) in [7, 11) is -1.31. The van der Waals surface area contributed by atoms with Gasteiger partial charge in [0.05, 0.1) is 0 Å². The second kappa shape index (κ2) is 6.52. The van der Waals surface area contributed by atoms with Crippen molar-refractivity contribution in [2.24, 2.45) is 11.8 Å². The van der Waals surface area contributed by atoms with E-state index in [9.17, 15) is 8.42 Å². The number of hydrogen-bond acceptors (Lipinski definition) is 3. The van der Waals surface area contributed by atoms with E-state index in [0.717, 1.165) is 19.4 Å². The van der Waals surface area contributed by atoms with Crippen LogP contribution in [-0.2, 0) is 10.2 Å². The largest absolute Gasteiger partial charge is 0.319 e. The second-order valence-electron chi connectivity index (χ2n) is 5.83. The van der Waals surface area contributed by atoms with Gasteiger partial charge in [-0.3, -0.25) is 0 Å². The van der Waals surface area contributed by atoms with E-state index in [2.05, 4.69) is 5.32 Å². The lowest BCUT2D eigenvalue weighted by Gasteiger charge is -2.35. The minimum Gasteiger partial charge on any atom is -0.319 e. The van der Waals surface area contributed by atoms with Crippen molar-refractivity contribution in [1.82, 2.24) is 13.9 Å². The van der Waals surface area contributed by atoms with E-state index in [1.165, 1.54) is 12.8 Å². The Balaban J connectivity index is 1.99. The first-order valence-corrected chi connectivity index (χ1v) is 8.87. The van der Waals surface area contributed by atoms with E-state index in [-0.39, 0.29) is 0 Å². The summed E-state index contributed by atoms with van der Waals surface area (Å²) >= 11 is 0. The molecule has 112 valence electrons. The SMILES string of the molecule is CCN(CC1CC1)S(=O)(=O)N1CCCC(CNC)C1. The van der Waals surface area contributed by atoms with Gasteiger partial charge in [0.25, 0.3) is 10.2 Å². The molecule has 1 atom stereocenters. The number of piperidine rings is 1. The summed E-state index contributed by atoms with van der Waals surface area (Å²) in [6.45, 7) is 5.50. The molecule has 0 bridgehead atoms. The monoisotopic (exact) mass is 289 g/mol. The highest BCUT2D eigenvalue weighted by Crippen LogP contribution is 2.31. The van der Waals surface area contributed by atoms with Crippen molar-refractivity contribution in [3.63, 3.8) is 0 Å². The summed E-state index contributed by atoms with van der Waals surface area (Å²) in [4.78, 5) is 0. The molecule has 6 heteroatoms. The van der Waals surface area contributed by atoms with Crippen LogP contribution >= 0.6 is 0 Å². The molecule has 1 saturated heterocycles. The Morgan fingerprint density at radius 1 is 1.26 bits per heavy atom. The van der Waals surface area contributed by atoms with Crippen LogP contribution in [0.15, 0.2) is 0 Å². The quantitative estimate of drug-likeness (QED) is 0.757. The molecule has 0 radical (unpaired) electrons. The molecule has 1 unspecified atom stereocenters. The van der Waals surface area contributed by atoms with Gasteiger partial charge >= 0.3 is 0 Å². The lowest BCUT2D eigenvalue weighted by atomic mass is 10.00. The minimum atomic E-state index is -3.24. The number of nitrogens with one attached hydrogen (secondary N) is 1. The molecule has 1 heterocycles. The Morgan fingerprint density at radius 2 is 2.00 bits per heavy atom. The molecular weight excluding hydrogens is 262 g/mol. The summed E-state index contributed by atoms with van der Waals surface area (Å²) < 4.78 is 28.7. The van der Waals surface area contributed by atoms with Crippen LogP contribution in [0.3, 0.4) is 0 Å². The molecule has 0 aromatic carbocycles. The van der Waals surface area contributed by atoms with Crippen LogP contribution in [0.2, 0.25) is 0 Å². The zero-order valence-corrected chi connectivity index (χ0v) is 13.0. The molecule has 2 aliphatic rings. The molecule has 0 amide bonds. The van der Waals surface area contributed by atoms with Gasteiger partial charge in [0, 0.05) is 26.2 Å². The first-order valence-electron chi connectivity index (χ1n) is 7.47. The smallest absolute Gasteiger partial charge is 0.281 e. The molecule has 0 aromatic heterocycles. The lowest BCUT2D eigenvalue weighted by Crippen LogP contribution is -2.49. The molecule has 0 spiro atoms. The zero-order valence-electron chi connectivity index (χ0n) is 12.1. The lowest BCUT2D eigenvalue weighted by molar-refractivity contribution is 0.244. The van der Waals surface area contributed by atoms with Gasteiger partial charge in [-0.05, 0) is 51.1 Å². The summed E-state index contributed by atoms with van der Waals surface area (Å²) in [6, 6.07) is 0. The van der Waals surface area contributed by atoms with Crippen molar-refractivity contribution in [3.05, 3.63) is 0 Å². The van der Waals surface area contributed by atoms with Crippen LogP contribution in [0, 0.1) is 11.8 Å². The molecule has 0 aromatic rings. The van der Waals surface area contributed by atoms with Gasteiger partial charge in [0.15, 0.2) is 0 Å². The molecule has 1 N–H and O–H groups in total. The molecule has 2 rings (SSSR count). The van der Waals surface area contributed by atoms with Gasteiger partial charge in [0.2, 0.25) is 0 Å². The molecule has 1 aliphatic carbocycles. The number of rotatable bonds is 7. The van der Waals surface area contributed by atoms with Crippen molar-refractivity contribution in [2.75, 3.05) is 39.8 Å². The molecule has 2 fully saturated rings. The predicted octanol–water partition coefficient (Wildman–Crippen LogP) is 0.895. The van der Waals surface area contributed by atoms with Crippen molar-refractivity contribution in [3.8, 4) is 0 Å². The third kappa shape index (κ3) is 3.90. The van der Waals surface area contributed by atoms with Gasteiger partial charge in [-0.2, -0.15) is 17.0 Å². The summed E-state index contributed by atoms with van der Waals surface area (Å²) in [5.74, 6) is 1.06. The first kappa shape index (κ1) is 15.2. The van der Waals surface area contributed by atoms with E-state index in [1.807, 2.05) is 14.0 Å². The molecule has 19 heavy (non-hydrogen) atoms. The Hall–Kier alpha value is -0.170. The van der Waals surface area contributed by atoms with Crippen LogP contribution in [0.1, 0.15) is 32.6 Å². The summed E-state index contributed by atoms with van der Waals surface area (Å²) in [6.07, 6.45) is 4.48. The second-order valence-corrected chi connectivity index (χ2v) is 7.75. The first-order chi connectivity index (χ1) is 9.07. The fraction of sp³-hybridized carbons (Fsp3) is 1.00. The van der Waals surface area contributed by atoms with Crippen molar-refractivity contribution in [1.29, 1.82) is 0 Å². The Kier molecular flexibility index (Phi) is 5.22. The van der Waals surface area contributed by atoms with Crippen LogP contribution in [0.5, 0.6) is 0 Å². The average Bonchev–Trinajstić information content (AvgIpc) is 3.20. The Bertz CT molecular complexity index is 379. The predicted molar refractivity (Wildman–Crippen MR) is 77.1 cm³/mol. The Labute approximate surface area is 117 Å². The fourth-order valence-electron chi connectivity index (χ4n) is 2.83. The van der Waals surface area contributed by atoms with E-state index in [4.69, 9.17) is 0 Å². The van der Waals surface area contributed by atoms with E-state index < -0.39 is 10.2 Å². The maximum Gasteiger partial charge on any atom is 0.281 e. The van der Waals surface area contributed by atoms with E-state index >= 15 is 0 Å². The third-order valence-electron chi connectivity index (χ3n) is 4.14. The standard InChI is InChI=1S/C13H27N3O2S/c1-3-15(10-12-6-7-12)19(17,18)16-8-4-5-13(11-16)9-14-2/h12-14H,3-11H2,1-2H3. The third-order valence-corrected chi connectivity index (χ3v) is 6.18. The topological polar surface area (TPSA) is 52.7 Å². The normalized spacial score (nSPS) is 25.9. The van der Waals surface area contributed by atoms with Crippen LogP contribution in [0.4, 0.5) is 0 Å². The minimum absolute atomic E-state index is 0.452. The summed E-state index contributed by atoms with van der Waals surface area (Å²) in [5.41, 5.74) is 0. The van der Waals surface area contributed by atoms with Gasteiger partial charge in [-0.1, -0.05) is 6.92 Å². The van der Waals surface area contributed by atoms with Crippen LogP contribution < -0.4 is 5.32 Å². The molecule has 1 saturated carbocycles. The van der Waals surface area contributed by atoms with Gasteiger partial charge in [-0.25, -0.2) is 0 Å². The zero-order chi connectivity index (χ0) is 13.9. The van der Waals surface area contributed by atoms with Crippen LogP contribution in [0.25, 0.3) is 0 Å².